The molecule has 1 amide bonds. The number of rotatable bonds is 14. The summed E-state index contributed by atoms with van der Waals surface area (Å²) in [6.45, 7) is 6.92. The van der Waals surface area contributed by atoms with E-state index in [2.05, 4.69) is 54.4 Å². The number of fused-ring (bicyclic) bond motifs is 5. The van der Waals surface area contributed by atoms with Crippen LogP contribution >= 0.6 is 0 Å². The largest absolute Gasteiger partial charge is 0.508 e. The number of terminal acetylenes is 1. The number of anilines is 1. The van der Waals surface area contributed by atoms with Gasteiger partial charge in [-0.3, -0.25) is 14.5 Å². The molecule has 7 heterocycles. The zero-order chi connectivity index (χ0) is 48.3. The van der Waals surface area contributed by atoms with E-state index in [4.69, 9.17) is 26.2 Å². The van der Waals surface area contributed by atoms with Crippen molar-refractivity contribution in [2.45, 2.75) is 94.2 Å². The minimum atomic E-state index is -0.724. The van der Waals surface area contributed by atoms with Crippen LogP contribution in [0.4, 0.5) is 14.6 Å². The molecular weight excluding hydrogens is 891 g/mol. The molecule has 16 heteroatoms. The van der Waals surface area contributed by atoms with E-state index in [1.807, 2.05) is 11.7 Å². The molecule has 3 aromatic heterocycles. The number of amides is 1. The molecule has 5 fully saturated rings. The van der Waals surface area contributed by atoms with Gasteiger partial charge in [0.15, 0.2) is 5.82 Å². The summed E-state index contributed by atoms with van der Waals surface area (Å²) in [5, 5.41) is 24.1. The van der Waals surface area contributed by atoms with E-state index in [1.165, 1.54) is 29.8 Å². The SMILES string of the molecule is C#Cc1c(F)ccc2cc(O)cc(-c3ncc4c(N5CC6CCC(C5)N6)nc(OCC5(CN6CCC(N7CCC(c8ccc9c(C(CCC=O)C(=O)NC)nn(C)c9c8)CC7)CC6)CC5)nc4c3F)c12. The van der Waals surface area contributed by atoms with Gasteiger partial charge in [-0.1, -0.05) is 24.1 Å². The van der Waals surface area contributed by atoms with Crippen LogP contribution in [0, 0.1) is 29.4 Å². The lowest BCUT2D eigenvalue weighted by Crippen LogP contribution is -2.51. The third-order valence-electron chi connectivity index (χ3n) is 16.1. The number of carbonyl (C=O) groups is 2. The Morgan fingerprint density at radius 3 is 2.50 bits per heavy atom. The molecule has 4 aliphatic heterocycles. The smallest absolute Gasteiger partial charge is 0.319 e. The van der Waals surface area contributed by atoms with Gasteiger partial charge in [0.25, 0.3) is 0 Å². The van der Waals surface area contributed by atoms with Crippen molar-refractivity contribution < 1.29 is 28.2 Å². The Morgan fingerprint density at radius 1 is 1.01 bits per heavy atom. The normalized spacial score (nSPS) is 21.3. The van der Waals surface area contributed by atoms with E-state index < -0.39 is 17.6 Å². The van der Waals surface area contributed by atoms with Crippen LogP contribution in [0.5, 0.6) is 11.8 Å². The molecule has 3 aromatic carbocycles. The Bertz CT molecular complexity index is 3030. The van der Waals surface area contributed by atoms with Crippen LogP contribution in [-0.2, 0) is 16.6 Å². The van der Waals surface area contributed by atoms with E-state index >= 15 is 8.78 Å². The number of ether oxygens (including phenoxy) is 1. The summed E-state index contributed by atoms with van der Waals surface area (Å²) in [5.74, 6) is 1.38. The highest BCUT2D eigenvalue weighted by Gasteiger charge is 2.46. The zero-order valence-corrected chi connectivity index (χ0v) is 39.9. The monoisotopic (exact) mass is 950 g/mol. The molecule has 70 heavy (non-hydrogen) atoms. The number of phenolic OH excluding ortho intramolecular Hbond substituents is 1. The lowest BCUT2D eigenvalue weighted by Gasteiger charge is -2.42. The first kappa shape index (κ1) is 46.1. The van der Waals surface area contributed by atoms with Crippen molar-refractivity contribution >= 4 is 50.6 Å². The maximum Gasteiger partial charge on any atom is 0.319 e. The fourth-order valence-electron chi connectivity index (χ4n) is 12.1. The van der Waals surface area contributed by atoms with Crippen molar-refractivity contribution in [2.75, 3.05) is 64.4 Å². The summed E-state index contributed by atoms with van der Waals surface area (Å²) < 4.78 is 40.6. The summed E-state index contributed by atoms with van der Waals surface area (Å²) in [6, 6.07) is 13.4. The van der Waals surface area contributed by atoms with Crippen LogP contribution in [0.3, 0.4) is 0 Å². The maximum absolute atomic E-state index is 17.2. The first-order valence-corrected chi connectivity index (χ1v) is 25.0. The topological polar surface area (TPSA) is 154 Å². The van der Waals surface area contributed by atoms with Gasteiger partial charge in [0.05, 0.1) is 34.7 Å². The molecule has 3 atom stereocenters. The van der Waals surface area contributed by atoms with E-state index in [-0.39, 0.29) is 50.8 Å². The number of piperazine rings is 1. The Morgan fingerprint density at radius 2 is 1.79 bits per heavy atom. The molecule has 2 bridgehead atoms. The maximum atomic E-state index is 17.2. The highest BCUT2D eigenvalue weighted by Crippen LogP contribution is 2.47. The fraction of sp³-hybridized carbons (Fsp3) is 0.481. The number of hydrogen-bond acceptors (Lipinski definition) is 12. The molecular formula is C54H60F2N10O4. The minimum Gasteiger partial charge on any atom is -0.508 e. The third-order valence-corrected chi connectivity index (χ3v) is 16.1. The molecule has 3 N–H and O–H groups in total. The second-order valence-corrected chi connectivity index (χ2v) is 20.5. The van der Waals surface area contributed by atoms with Crippen LogP contribution in [0.1, 0.15) is 92.9 Å². The van der Waals surface area contributed by atoms with Crippen LogP contribution in [0.2, 0.25) is 0 Å². The zero-order valence-electron chi connectivity index (χ0n) is 39.9. The average Bonchev–Trinajstić information content (AvgIpc) is 3.95. The number of phenols is 1. The number of aryl methyl sites for hydroxylation is 1. The predicted octanol–water partition coefficient (Wildman–Crippen LogP) is 6.95. The van der Waals surface area contributed by atoms with E-state index in [0.717, 1.165) is 107 Å². The molecule has 0 radical (unpaired) electrons. The van der Waals surface area contributed by atoms with Crippen molar-refractivity contribution in [1.82, 2.24) is 45.2 Å². The number of hydrogen-bond donors (Lipinski definition) is 3. The number of likely N-dealkylation sites (N-methyl/N-ethyl adjacent to an activating group) is 1. The molecule has 4 saturated heterocycles. The van der Waals surface area contributed by atoms with Gasteiger partial charge in [-0.05, 0) is 125 Å². The number of benzene rings is 3. The van der Waals surface area contributed by atoms with Gasteiger partial charge in [0.2, 0.25) is 5.91 Å². The highest BCUT2D eigenvalue weighted by molar-refractivity contribution is 6.03. The number of pyridine rings is 1. The van der Waals surface area contributed by atoms with E-state index in [1.54, 1.807) is 13.2 Å². The first-order chi connectivity index (χ1) is 34.0. The molecule has 364 valence electrons. The Balaban J connectivity index is 0.753. The number of nitrogens with zero attached hydrogens (tertiary/aromatic N) is 8. The summed E-state index contributed by atoms with van der Waals surface area (Å²) in [4.78, 5) is 45.7. The second kappa shape index (κ2) is 18.8. The molecule has 11 rings (SSSR count). The van der Waals surface area contributed by atoms with Gasteiger partial charge in [-0.25, -0.2) is 8.78 Å². The van der Waals surface area contributed by atoms with Crippen molar-refractivity contribution in [3.63, 3.8) is 0 Å². The number of aldehydes is 1. The first-order valence-electron chi connectivity index (χ1n) is 25.0. The Labute approximate surface area is 406 Å². The number of halogens is 2. The highest BCUT2D eigenvalue weighted by atomic mass is 19.1. The molecule has 0 spiro atoms. The number of piperidine rings is 2. The van der Waals surface area contributed by atoms with Crippen molar-refractivity contribution in [2.24, 2.45) is 12.5 Å². The minimum absolute atomic E-state index is 0.0343. The van der Waals surface area contributed by atoms with Crippen molar-refractivity contribution in [3.8, 4) is 35.4 Å². The van der Waals surface area contributed by atoms with E-state index in [9.17, 15) is 14.7 Å². The van der Waals surface area contributed by atoms with Crippen LogP contribution in [-0.4, -0.2) is 129 Å². The fourth-order valence-corrected chi connectivity index (χ4v) is 12.1. The van der Waals surface area contributed by atoms with Crippen LogP contribution in [0.25, 0.3) is 43.8 Å². The number of nitrogens with one attached hydrogen (secondary N) is 2. The quantitative estimate of drug-likeness (QED) is 0.0766. The molecule has 6 aromatic rings. The van der Waals surface area contributed by atoms with Crippen LogP contribution in [0.15, 0.2) is 48.7 Å². The molecule has 5 aliphatic rings. The number of aromatic nitrogens is 5. The predicted molar refractivity (Wildman–Crippen MR) is 265 cm³/mol. The van der Waals surface area contributed by atoms with Gasteiger partial charge in [-0.15, -0.1) is 6.42 Å². The van der Waals surface area contributed by atoms with Gasteiger partial charge in [0.1, 0.15) is 34.9 Å². The molecule has 1 saturated carbocycles. The van der Waals surface area contributed by atoms with Gasteiger partial charge < -0.3 is 40.0 Å². The van der Waals surface area contributed by atoms with E-state index in [0.29, 0.717) is 73.2 Å². The van der Waals surface area contributed by atoms with Crippen molar-refractivity contribution in [3.05, 3.63) is 77.1 Å². The van der Waals surface area contributed by atoms with Gasteiger partial charge >= 0.3 is 6.01 Å². The third kappa shape index (κ3) is 8.70. The average molecular weight is 951 g/mol. The summed E-state index contributed by atoms with van der Waals surface area (Å²) in [7, 11) is 3.55. The van der Waals surface area contributed by atoms with Crippen LogP contribution < -0.4 is 20.3 Å². The second-order valence-electron chi connectivity index (χ2n) is 20.5. The molecule has 14 nitrogen and oxygen atoms in total. The number of carbonyl (C=O) groups excluding carboxylic acids is 2. The summed E-state index contributed by atoms with van der Waals surface area (Å²) in [6.07, 6.45) is 17.5. The number of likely N-dealkylation sites (tertiary alicyclic amines) is 2. The molecule has 1 aliphatic carbocycles. The lowest BCUT2D eigenvalue weighted by atomic mass is 9.87. The van der Waals surface area contributed by atoms with Gasteiger partial charge in [0, 0.05) is 86.2 Å². The summed E-state index contributed by atoms with van der Waals surface area (Å²) >= 11 is 0. The molecule has 3 unspecified atom stereocenters. The summed E-state index contributed by atoms with van der Waals surface area (Å²) in [5.41, 5.74) is 3.10. The number of aromatic hydroxyl groups is 1. The Hall–Kier alpha value is -6.28. The van der Waals surface area contributed by atoms with Gasteiger partial charge in [-0.2, -0.15) is 15.1 Å². The Kier molecular flexibility index (Phi) is 12.4. The van der Waals surface area contributed by atoms with Crippen molar-refractivity contribution in [1.29, 1.82) is 0 Å². The lowest BCUT2D eigenvalue weighted by molar-refractivity contribution is -0.122. The standard InChI is InChI=1S/C54H60F2N10O4/c1-4-39-44(55)12-8-34-24-38(68)26-42(46(34)39)49-47(56)50-43(27-58-49)51(66-28-35-9-10-36(29-66)59-35)61-53(60-50)70-31-54(17-18-54)30-64-19-15-37(16-20-64)65-21-13-32(14-22-65)33-7-11-40-45(25-33)63(3)62-48(40)41(6-5-23-67)52(69)57-2/h1,7-8,11-12,23-27,32,35-37,41,59,68H,5-6,9-10,13-22,28-31H2,2-3H3,(H,57,69).